The van der Waals surface area contributed by atoms with Crippen LogP contribution in [0.15, 0.2) is 24.3 Å². The minimum atomic E-state index is -0.967. The molecule has 0 aliphatic heterocycles. The molecule has 1 heteroatoms. The van der Waals surface area contributed by atoms with Crippen molar-refractivity contribution in [1.29, 1.82) is 0 Å². The van der Waals surface area contributed by atoms with Crippen LogP contribution in [0.5, 0.6) is 0 Å². The summed E-state index contributed by atoms with van der Waals surface area (Å²) in [5, 5.41) is 0. The zero-order valence-electron chi connectivity index (χ0n) is 14.3. The van der Waals surface area contributed by atoms with E-state index in [9.17, 15) is 0 Å². The number of unbranched alkanes of at least 4 members (excludes halogenated alkanes) is 3. The third kappa shape index (κ3) is 13.0. The van der Waals surface area contributed by atoms with Gasteiger partial charge in [0.1, 0.15) is 0 Å². The second-order valence-electron chi connectivity index (χ2n) is 5.84. The summed E-state index contributed by atoms with van der Waals surface area (Å²) >= 11 is -0.967. The molecule has 1 aromatic carbocycles. The van der Waals surface area contributed by atoms with Crippen molar-refractivity contribution in [1.82, 2.24) is 0 Å². The van der Waals surface area contributed by atoms with Gasteiger partial charge in [-0.05, 0) is 18.6 Å². The van der Waals surface area contributed by atoms with E-state index in [2.05, 4.69) is 26.8 Å². The summed E-state index contributed by atoms with van der Waals surface area (Å²) in [6.07, 6.45) is 8.87. The first-order chi connectivity index (χ1) is 9.74. The number of hydrogen-bond acceptors (Lipinski definition) is 0. The molecule has 0 saturated heterocycles. The minimum absolute atomic E-state index is 0.967. The van der Waals surface area contributed by atoms with Gasteiger partial charge in [-0.1, -0.05) is 24.3 Å². The predicted octanol–water partition coefficient (Wildman–Crippen LogP) is 6.41. The molecule has 0 bridgehead atoms. The van der Waals surface area contributed by atoms with Crippen molar-refractivity contribution >= 4 is 19.8 Å². The Morgan fingerprint density at radius 2 is 1.35 bits per heavy atom. The molecule has 0 aliphatic carbocycles. The number of aryl methyl sites for hydroxylation is 1. The van der Waals surface area contributed by atoms with Crippen LogP contribution >= 0.6 is 0 Å². The Morgan fingerprint density at radius 3 is 1.60 bits per heavy atom. The van der Waals surface area contributed by atoms with Gasteiger partial charge in [0.25, 0.3) is 0 Å². The molecule has 0 nitrogen and oxygen atoms in total. The molecule has 1 radical (unpaired) electrons. The fourth-order valence-corrected chi connectivity index (χ4v) is 13.3. The number of rotatable bonds is 9. The standard InChI is InChI=1S/C7H7.3C4H9.Sn.H/c1-7-5-3-2-4-6-7;3*1-3-4-2;;/h2-5H,1H3;3*1,3-4H2,2H3;;. The second kappa shape index (κ2) is 15.4. The fourth-order valence-electron chi connectivity index (χ4n) is 2.39. The number of benzene rings is 1. The Labute approximate surface area is 135 Å². The first-order valence-electron chi connectivity index (χ1n) is 8.67. The van der Waals surface area contributed by atoms with E-state index in [0.29, 0.717) is 0 Å². The normalized spacial score (nSPS) is 10.2. The molecule has 0 unspecified atom stereocenters. The van der Waals surface area contributed by atoms with Crippen LogP contribution in [-0.4, -0.2) is 19.8 Å². The van der Waals surface area contributed by atoms with Gasteiger partial charge in [0, 0.05) is 0 Å². The van der Waals surface area contributed by atoms with Crippen LogP contribution < -0.4 is 0 Å². The van der Waals surface area contributed by atoms with Gasteiger partial charge < -0.3 is 0 Å². The Bertz CT molecular complexity index is 262. The van der Waals surface area contributed by atoms with E-state index in [4.69, 9.17) is 0 Å². The summed E-state index contributed by atoms with van der Waals surface area (Å²) in [4.78, 5) is 0. The van der Waals surface area contributed by atoms with E-state index in [1.165, 1.54) is 44.1 Å². The fraction of sp³-hybridized carbons (Fsp3) is 0.684. The molecule has 0 N–H and O–H groups in total. The molecule has 1 aromatic rings. The molecular formula is C19H35Sn. The van der Waals surface area contributed by atoms with Gasteiger partial charge in [0.05, 0.1) is 0 Å². The zero-order chi connectivity index (χ0) is 15.1. The molecule has 0 amide bonds. The molecule has 0 aromatic heterocycles. The molecular weight excluding hydrogens is 347 g/mol. The molecule has 0 fully saturated rings. The van der Waals surface area contributed by atoms with Gasteiger partial charge in [-0.3, -0.25) is 0 Å². The van der Waals surface area contributed by atoms with E-state index in [0.717, 1.165) is 0 Å². The molecule has 0 aliphatic rings. The van der Waals surface area contributed by atoms with Crippen LogP contribution in [0, 0.1) is 13.0 Å². The van der Waals surface area contributed by atoms with Crippen LogP contribution in [0.4, 0.5) is 0 Å². The summed E-state index contributed by atoms with van der Waals surface area (Å²) < 4.78 is 5.08. The van der Waals surface area contributed by atoms with Crippen LogP contribution in [0.25, 0.3) is 0 Å². The molecule has 115 valence electrons. The summed E-state index contributed by atoms with van der Waals surface area (Å²) in [6.45, 7) is 9.04. The maximum absolute atomic E-state index is 3.03. The van der Waals surface area contributed by atoms with Gasteiger partial charge in [-0.2, -0.15) is 0 Å². The summed E-state index contributed by atoms with van der Waals surface area (Å²) in [7, 11) is 0. The van der Waals surface area contributed by atoms with Crippen molar-refractivity contribution in [3.8, 4) is 0 Å². The summed E-state index contributed by atoms with van der Waals surface area (Å²) in [5.41, 5.74) is 1.20. The van der Waals surface area contributed by atoms with E-state index >= 15 is 0 Å². The quantitative estimate of drug-likeness (QED) is 0.433. The smallest absolute Gasteiger partial charge is 0.0152 e. The van der Waals surface area contributed by atoms with Gasteiger partial charge in [-0.15, -0.1) is 0 Å². The van der Waals surface area contributed by atoms with Crippen molar-refractivity contribution in [2.45, 2.75) is 79.5 Å². The topological polar surface area (TPSA) is 0 Å². The summed E-state index contributed by atoms with van der Waals surface area (Å²) in [6, 6.07) is 10.9. The maximum atomic E-state index is 3.03. The van der Waals surface area contributed by atoms with E-state index < -0.39 is 19.8 Å². The van der Waals surface area contributed by atoms with Crippen LogP contribution in [0.3, 0.4) is 0 Å². The average molecular weight is 382 g/mol. The van der Waals surface area contributed by atoms with Crippen LogP contribution in [0.1, 0.15) is 64.9 Å². The number of hydrogen-bond donors (Lipinski definition) is 0. The third-order valence-electron chi connectivity index (χ3n) is 3.76. The van der Waals surface area contributed by atoms with Gasteiger partial charge in [0.2, 0.25) is 0 Å². The average Bonchev–Trinajstić information content (AvgIpc) is 2.48. The minimum Gasteiger partial charge on any atom is -0.0620 e. The Hall–Kier alpha value is 0.0187. The van der Waals surface area contributed by atoms with E-state index in [-0.39, 0.29) is 0 Å². The Kier molecular flexibility index (Phi) is 15.4. The van der Waals surface area contributed by atoms with Crippen molar-refractivity contribution in [3.05, 3.63) is 35.9 Å². The van der Waals surface area contributed by atoms with E-state index in [1.807, 2.05) is 31.2 Å². The maximum Gasteiger partial charge on any atom is -0.0152 e. The van der Waals surface area contributed by atoms with Gasteiger partial charge in [-0.25, -0.2) is 0 Å². The first kappa shape index (κ1) is 20.0. The SMILES string of the molecule is CCC[CH2][SnH]([CH2]CCC)[CH2]CCC.Cc1[c]cccc1. The van der Waals surface area contributed by atoms with E-state index in [1.54, 1.807) is 13.3 Å². The zero-order valence-corrected chi connectivity index (χ0v) is 17.5. The first-order valence-corrected chi connectivity index (χ1v) is 15.7. The predicted molar refractivity (Wildman–Crippen MR) is 96.3 cm³/mol. The second-order valence-corrected chi connectivity index (χ2v) is 15.7. The molecule has 1 rings (SSSR count). The molecule has 0 saturated carbocycles. The summed E-state index contributed by atoms with van der Waals surface area (Å²) in [5.74, 6) is 0. The Morgan fingerprint density at radius 1 is 0.850 bits per heavy atom. The third-order valence-corrected chi connectivity index (χ3v) is 14.2. The van der Waals surface area contributed by atoms with Crippen molar-refractivity contribution in [2.24, 2.45) is 0 Å². The van der Waals surface area contributed by atoms with Crippen LogP contribution in [-0.2, 0) is 0 Å². The monoisotopic (exact) mass is 383 g/mol. The Balaban J connectivity index is 0.000000428. The largest absolute Gasteiger partial charge is 0.0620 e. The van der Waals surface area contributed by atoms with Crippen LogP contribution in [0.2, 0.25) is 13.3 Å². The van der Waals surface area contributed by atoms with Crippen molar-refractivity contribution < 1.29 is 0 Å². The molecule has 0 heterocycles. The van der Waals surface area contributed by atoms with Gasteiger partial charge >= 0.3 is 92.4 Å². The van der Waals surface area contributed by atoms with Crippen molar-refractivity contribution in [3.63, 3.8) is 0 Å². The molecule has 0 atom stereocenters. The molecule has 20 heavy (non-hydrogen) atoms. The van der Waals surface area contributed by atoms with Gasteiger partial charge in [0.15, 0.2) is 0 Å². The van der Waals surface area contributed by atoms with Crippen molar-refractivity contribution in [2.75, 3.05) is 0 Å². The molecule has 0 spiro atoms.